The summed E-state index contributed by atoms with van der Waals surface area (Å²) in [5.41, 5.74) is 1.60. The summed E-state index contributed by atoms with van der Waals surface area (Å²) in [6.07, 6.45) is 2.01. The Labute approximate surface area is 157 Å². The zero-order chi connectivity index (χ0) is 19.0. The Bertz CT molecular complexity index is 956. The van der Waals surface area contributed by atoms with E-state index in [1.165, 1.54) is 12.1 Å². The van der Waals surface area contributed by atoms with Gasteiger partial charge >= 0.3 is 0 Å². The summed E-state index contributed by atoms with van der Waals surface area (Å²) in [5, 5.41) is 3.07. The van der Waals surface area contributed by atoms with Crippen molar-refractivity contribution in [1.29, 1.82) is 0 Å². The number of rotatable bonds is 3. The van der Waals surface area contributed by atoms with E-state index in [1.807, 2.05) is 6.07 Å². The average molecular weight is 393 g/mol. The van der Waals surface area contributed by atoms with Crippen molar-refractivity contribution < 1.29 is 21.9 Å². The van der Waals surface area contributed by atoms with Gasteiger partial charge in [0.25, 0.3) is 0 Å². The van der Waals surface area contributed by atoms with Gasteiger partial charge in [0, 0.05) is 13.2 Å². The van der Waals surface area contributed by atoms with E-state index in [-0.39, 0.29) is 28.8 Å². The Balaban J connectivity index is 1.61. The number of ether oxygens (including phenoxy) is 1. The van der Waals surface area contributed by atoms with E-state index in [0.29, 0.717) is 24.5 Å². The average Bonchev–Trinajstić information content (AvgIpc) is 2.66. The molecule has 2 aromatic rings. The smallest absolute Gasteiger partial charge is 0.181 e. The maximum atomic E-state index is 14.7. The molecule has 1 unspecified atom stereocenters. The van der Waals surface area contributed by atoms with Crippen LogP contribution in [-0.4, -0.2) is 27.4 Å². The highest BCUT2D eigenvalue weighted by atomic mass is 32.2. The molecule has 0 bridgehead atoms. The second kappa shape index (κ2) is 7.20. The summed E-state index contributed by atoms with van der Waals surface area (Å²) in [7, 11) is -3.65. The second-order valence-electron chi connectivity index (χ2n) is 7.09. The first-order valence-corrected chi connectivity index (χ1v) is 10.8. The lowest BCUT2D eigenvalue weighted by atomic mass is 9.91. The minimum atomic E-state index is -3.65. The number of sulfone groups is 1. The van der Waals surface area contributed by atoms with Gasteiger partial charge in [0.05, 0.1) is 17.5 Å². The number of hydrogen-bond donors (Lipinski definition) is 1. The Morgan fingerprint density at radius 1 is 1.00 bits per heavy atom. The zero-order valence-electron chi connectivity index (χ0n) is 14.8. The van der Waals surface area contributed by atoms with Crippen LogP contribution < -0.4 is 5.32 Å². The summed E-state index contributed by atoms with van der Waals surface area (Å²) < 4.78 is 58.6. The number of anilines is 1. The largest absolute Gasteiger partial charge is 0.381 e. The first kappa shape index (κ1) is 18.4. The van der Waals surface area contributed by atoms with Crippen LogP contribution >= 0.6 is 0 Å². The van der Waals surface area contributed by atoms with E-state index >= 15 is 0 Å². The number of hydrogen-bond acceptors (Lipinski definition) is 4. The highest BCUT2D eigenvalue weighted by Crippen LogP contribution is 2.37. The summed E-state index contributed by atoms with van der Waals surface area (Å²) >= 11 is 0. The van der Waals surface area contributed by atoms with Crippen LogP contribution in [0.3, 0.4) is 0 Å². The predicted octanol–water partition coefficient (Wildman–Crippen LogP) is 4.19. The van der Waals surface area contributed by atoms with Crippen LogP contribution in [0.25, 0.3) is 0 Å². The van der Waals surface area contributed by atoms with Gasteiger partial charge in [-0.15, -0.1) is 0 Å². The fourth-order valence-electron chi connectivity index (χ4n) is 3.93. The number of fused-ring (bicyclic) bond motifs is 1. The Morgan fingerprint density at radius 3 is 2.52 bits per heavy atom. The van der Waals surface area contributed by atoms with Gasteiger partial charge in [-0.25, -0.2) is 17.2 Å². The van der Waals surface area contributed by atoms with Crippen molar-refractivity contribution in [3.63, 3.8) is 0 Å². The van der Waals surface area contributed by atoms with Gasteiger partial charge in [-0.2, -0.15) is 0 Å². The van der Waals surface area contributed by atoms with Crippen molar-refractivity contribution in [3.05, 3.63) is 59.2 Å². The van der Waals surface area contributed by atoms with Crippen molar-refractivity contribution >= 4 is 15.5 Å². The molecule has 7 heteroatoms. The SMILES string of the molecule is O=S1(=O)CCC(Nc2ccc(C3CCOCC3)cc2F)c2cccc(F)c21. The molecule has 27 heavy (non-hydrogen) atoms. The first-order valence-electron chi connectivity index (χ1n) is 9.10. The molecule has 2 heterocycles. The normalized spacial score (nSPS) is 22.2. The van der Waals surface area contributed by atoms with Gasteiger partial charge in [-0.05, 0) is 54.5 Å². The molecule has 4 nitrogen and oxygen atoms in total. The van der Waals surface area contributed by atoms with E-state index < -0.39 is 21.7 Å². The molecule has 4 rings (SSSR count). The van der Waals surface area contributed by atoms with E-state index in [2.05, 4.69) is 5.32 Å². The summed E-state index contributed by atoms with van der Waals surface area (Å²) in [4.78, 5) is -0.270. The van der Waals surface area contributed by atoms with Crippen LogP contribution in [0.4, 0.5) is 14.5 Å². The molecule has 1 N–H and O–H groups in total. The molecule has 2 aliphatic heterocycles. The van der Waals surface area contributed by atoms with Crippen LogP contribution in [-0.2, 0) is 14.6 Å². The third-order valence-corrected chi connectivity index (χ3v) is 7.20. The topological polar surface area (TPSA) is 55.4 Å². The van der Waals surface area contributed by atoms with Crippen LogP contribution in [0.1, 0.15) is 42.3 Å². The van der Waals surface area contributed by atoms with Gasteiger partial charge < -0.3 is 10.1 Å². The zero-order valence-corrected chi connectivity index (χ0v) is 15.6. The van der Waals surface area contributed by atoms with Gasteiger partial charge in [0.15, 0.2) is 9.84 Å². The molecule has 0 aliphatic carbocycles. The minimum absolute atomic E-state index is 0.166. The minimum Gasteiger partial charge on any atom is -0.381 e. The third-order valence-electron chi connectivity index (χ3n) is 5.37. The molecule has 1 fully saturated rings. The molecule has 0 spiro atoms. The fourth-order valence-corrected chi connectivity index (χ4v) is 5.61. The fraction of sp³-hybridized carbons (Fsp3) is 0.400. The molecule has 1 atom stereocenters. The van der Waals surface area contributed by atoms with E-state index in [0.717, 1.165) is 24.5 Å². The van der Waals surface area contributed by atoms with Crippen molar-refractivity contribution in [2.75, 3.05) is 24.3 Å². The molecule has 0 amide bonds. The predicted molar refractivity (Wildman–Crippen MR) is 98.6 cm³/mol. The van der Waals surface area contributed by atoms with Crippen molar-refractivity contribution in [2.45, 2.75) is 36.1 Å². The van der Waals surface area contributed by atoms with Crippen LogP contribution in [0.15, 0.2) is 41.3 Å². The molecular weight excluding hydrogens is 372 g/mol. The molecule has 0 saturated carbocycles. The van der Waals surface area contributed by atoms with Crippen molar-refractivity contribution in [1.82, 2.24) is 0 Å². The first-order chi connectivity index (χ1) is 13.0. The highest BCUT2D eigenvalue weighted by Gasteiger charge is 2.33. The molecule has 2 aromatic carbocycles. The molecule has 0 radical (unpaired) electrons. The molecule has 1 saturated heterocycles. The number of halogens is 2. The maximum Gasteiger partial charge on any atom is 0.181 e. The van der Waals surface area contributed by atoms with Gasteiger partial charge in [0.2, 0.25) is 0 Å². The maximum absolute atomic E-state index is 14.7. The van der Waals surface area contributed by atoms with E-state index in [1.54, 1.807) is 12.1 Å². The lowest BCUT2D eigenvalue weighted by Crippen LogP contribution is -2.26. The summed E-state index contributed by atoms with van der Waals surface area (Å²) in [6, 6.07) is 8.86. The molecule has 2 aliphatic rings. The van der Waals surface area contributed by atoms with Crippen LogP contribution in [0.2, 0.25) is 0 Å². The highest BCUT2D eigenvalue weighted by molar-refractivity contribution is 7.91. The molecular formula is C20H21F2NO3S. The van der Waals surface area contributed by atoms with Crippen LogP contribution in [0, 0.1) is 11.6 Å². The Morgan fingerprint density at radius 2 is 1.78 bits per heavy atom. The van der Waals surface area contributed by atoms with Gasteiger partial charge in [0.1, 0.15) is 16.5 Å². The van der Waals surface area contributed by atoms with Crippen molar-refractivity contribution in [2.24, 2.45) is 0 Å². The standard InChI is InChI=1S/C20H21F2NO3S/c21-16-3-1-2-15-18(8-11-27(24,25)20(15)16)23-19-5-4-14(12-17(19)22)13-6-9-26-10-7-13/h1-5,12-13,18,23H,6-11H2. The Kier molecular flexibility index (Phi) is 4.90. The summed E-state index contributed by atoms with van der Waals surface area (Å²) in [5.74, 6) is -1.02. The quantitative estimate of drug-likeness (QED) is 0.850. The van der Waals surface area contributed by atoms with Crippen molar-refractivity contribution in [3.8, 4) is 0 Å². The lowest BCUT2D eigenvalue weighted by molar-refractivity contribution is 0.0853. The molecule has 144 valence electrons. The Hall–Kier alpha value is -1.99. The number of nitrogens with one attached hydrogen (secondary N) is 1. The van der Waals surface area contributed by atoms with Gasteiger partial charge in [-0.1, -0.05) is 18.2 Å². The lowest BCUT2D eigenvalue weighted by Gasteiger charge is -2.28. The van der Waals surface area contributed by atoms with E-state index in [9.17, 15) is 17.2 Å². The van der Waals surface area contributed by atoms with E-state index in [4.69, 9.17) is 4.74 Å². The summed E-state index contributed by atoms with van der Waals surface area (Å²) in [6.45, 7) is 1.37. The monoisotopic (exact) mass is 393 g/mol. The van der Waals surface area contributed by atoms with Crippen LogP contribution in [0.5, 0.6) is 0 Å². The number of benzene rings is 2. The van der Waals surface area contributed by atoms with Gasteiger partial charge in [-0.3, -0.25) is 0 Å². The third kappa shape index (κ3) is 3.58. The molecule has 0 aromatic heterocycles. The second-order valence-corrected chi connectivity index (χ2v) is 9.13.